The largest absolute Gasteiger partial charge is 0.207 e. The van der Waals surface area contributed by atoms with Crippen LogP contribution >= 0.6 is 15.9 Å². The molecule has 0 saturated heterocycles. The minimum Gasteiger partial charge on any atom is -0.207 e. The maximum Gasteiger partial charge on any atom is 0.123 e. The third kappa shape index (κ3) is 2.65. The minimum absolute atomic E-state index is 0.131. The molecule has 0 N–H and O–H groups in total. The predicted molar refractivity (Wildman–Crippen MR) is 69.4 cm³/mol. The average Bonchev–Trinajstić information content (AvgIpc) is 2.66. The van der Waals surface area contributed by atoms with E-state index in [9.17, 15) is 4.39 Å². The number of benzene rings is 1. The van der Waals surface area contributed by atoms with Crippen molar-refractivity contribution in [3.05, 3.63) is 35.6 Å². The van der Waals surface area contributed by atoms with Crippen LogP contribution in [0.25, 0.3) is 0 Å². The summed E-state index contributed by atoms with van der Waals surface area (Å²) in [6.07, 6.45) is 6.17. The number of hydrogen-bond donors (Lipinski definition) is 0. The zero-order chi connectivity index (χ0) is 11.6. The van der Waals surface area contributed by atoms with E-state index in [1.54, 1.807) is 12.1 Å². The Bertz CT molecular complexity index is 356. The normalized spacial score (nSPS) is 20.9. The lowest BCUT2D eigenvalue weighted by Gasteiger charge is -2.30. The Morgan fingerprint density at radius 3 is 2.69 bits per heavy atom. The Morgan fingerprint density at radius 2 is 2.06 bits per heavy atom. The van der Waals surface area contributed by atoms with Gasteiger partial charge in [-0.1, -0.05) is 47.8 Å². The second-order valence-electron chi connectivity index (χ2n) is 5.16. The summed E-state index contributed by atoms with van der Waals surface area (Å²) in [5, 5.41) is 0. The third-order valence-corrected chi connectivity index (χ3v) is 5.23. The van der Waals surface area contributed by atoms with Crippen LogP contribution in [0.2, 0.25) is 0 Å². The molecule has 1 aromatic rings. The fourth-order valence-electron chi connectivity index (χ4n) is 2.61. The summed E-state index contributed by atoms with van der Waals surface area (Å²) in [5.74, 6) is -0.131. The van der Waals surface area contributed by atoms with Crippen LogP contribution < -0.4 is 0 Å². The molecule has 1 fully saturated rings. The highest BCUT2D eigenvalue weighted by molar-refractivity contribution is 9.09. The van der Waals surface area contributed by atoms with Gasteiger partial charge < -0.3 is 0 Å². The lowest BCUT2D eigenvalue weighted by Crippen LogP contribution is -2.26. The van der Waals surface area contributed by atoms with Crippen molar-refractivity contribution in [1.82, 2.24) is 0 Å². The minimum atomic E-state index is -0.131. The SMILES string of the molecule is CC1(C(Br)Cc2cccc(F)c2)CCCC1. The first-order valence-corrected chi connectivity index (χ1v) is 6.90. The van der Waals surface area contributed by atoms with E-state index < -0.39 is 0 Å². The van der Waals surface area contributed by atoms with Gasteiger partial charge in [-0.15, -0.1) is 0 Å². The second kappa shape index (κ2) is 4.87. The molecule has 88 valence electrons. The van der Waals surface area contributed by atoms with E-state index in [0.717, 1.165) is 12.0 Å². The molecule has 1 saturated carbocycles. The standard InChI is InChI=1S/C14H18BrF/c1-14(7-2-3-8-14)13(15)10-11-5-4-6-12(16)9-11/h4-6,9,13H,2-3,7-8,10H2,1H3. The molecule has 1 atom stereocenters. The van der Waals surface area contributed by atoms with Crippen LogP contribution in [0.4, 0.5) is 4.39 Å². The van der Waals surface area contributed by atoms with Crippen LogP contribution in [0.1, 0.15) is 38.2 Å². The maximum atomic E-state index is 13.1. The molecule has 16 heavy (non-hydrogen) atoms. The summed E-state index contributed by atoms with van der Waals surface area (Å²) in [6, 6.07) is 6.95. The number of rotatable bonds is 3. The Labute approximate surface area is 105 Å². The molecular formula is C14H18BrF. The molecule has 1 aliphatic rings. The van der Waals surface area contributed by atoms with Gasteiger partial charge in [0.2, 0.25) is 0 Å². The molecule has 0 bridgehead atoms. The molecule has 0 spiro atoms. The monoisotopic (exact) mass is 284 g/mol. The molecule has 2 rings (SSSR count). The van der Waals surface area contributed by atoms with Gasteiger partial charge in [-0.25, -0.2) is 4.39 Å². The van der Waals surface area contributed by atoms with Gasteiger partial charge in [0.15, 0.2) is 0 Å². The molecule has 0 radical (unpaired) electrons. The van der Waals surface area contributed by atoms with E-state index in [-0.39, 0.29) is 5.82 Å². The van der Waals surface area contributed by atoms with E-state index in [2.05, 4.69) is 22.9 Å². The van der Waals surface area contributed by atoms with Crippen LogP contribution in [0.3, 0.4) is 0 Å². The van der Waals surface area contributed by atoms with Crippen molar-refractivity contribution in [3.63, 3.8) is 0 Å². The quantitative estimate of drug-likeness (QED) is 0.705. The van der Waals surface area contributed by atoms with Gasteiger partial charge in [0, 0.05) is 4.83 Å². The van der Waals surface area contributed by atoms with Gasteiger partial charge >= 0.3 is 0 Å². The summed E-state index contributed by atoms with van der Waals surface area (Å²) in [4.78, 5) is 0.462. The lowest BCUT2D eigenvalue weighted by atomic mass is 9.82. The number of alkyl halides is 1. The summed E-state index contributed by atoms with van der Waals surface area (Å²) < 4.78 is 13.1. The van der Waals surface area contributed by atoms with E-state index >= 15 is 0 Å². The van der Waals surface area contributed by atoms with Gasteiger partial charge in [-0.05, 0) is 42.4 Å². The van der Waals surface area contributed by atoms with Crippen molar-refractivity contribution in [1.29, 1.82) is 0 Å². The number of halogens is 2. The summed E-state index contributed by atoms with van der Waals surface area (Å²) in [5.41, 5.74) is 1.49. The van der Waals surface area contributed by atoms with Gasteiger partial charge in [0.25, 0.3) is 0 Å². The Balaban J connectivity index is 2.04. The zero-order valence-electron chi connectivity index (χ0n) is 9.68. The molecule has 0 heterocycles. The average molecular weight is 285 g/mol. The molecular weight excluding hydrogens is 267 g/mol. The van der Waals surface area contributed by atoms with Gasteiger partial charge in [-0.3, -0.25) is 0 Å². The van der Waals surface area contributed by atoms with Crippen LogP contribution in [-0.4, -0.2) is 4.83 Å². The highest BCUT2D eigenvalue weighted by Crippen LogP contribution is 2.44. The number of hydrogen-bond acceptors (Lipinski definition) is 0. The third-order valence-electron chi connectivity index (χ3n) is 3.81. The van der Waals surface area contributed by atoms with Crippen LogP contribution in [-0.2, 0) is 6.42 Å². The van der Waals surface area contributed by atoms with Crippen molar-refractivity contribution < 1.29 is 4.39 Å². The smallest absolute Gasteiger partial charge is 0.123 e. The fraction of sp³-hybridized carbons (Fsp3) is 0.571. The van der Waals surface area contributed by atoms with E-state index in [1.807, 2.05) is 6.07 Å². The molecule has 1 aliphatic carbocycles. The predicted octanol–water partition coefficient (Wildman–Crippen LogP) is 4.71. The van der Waals surface area contributed by atoms with E-state index in [1.165, 1.54) is 31.7 Å². The summed E-state index contributed by atoms with van der Waals surface area (Å²) >= 11 is 3.80. The summed E-state index contributed by atoms with van der Waals surface area (Å²) in [7, 11) is 0. The first kappa shape index (κ1) is 12.1. The van der Waals surface area contributed by atoms with E-state index in [0.29, 0.717) is 10.2 Å². The van der Waals surface area contributed by atoms with Crippen molar-refractivity contribution in [3.8, 4) is 0 Å². The molecule has 0 aromatic heterocycles. The van der Waals surface area contributed by atoms with Crippen molar-refractivity contribution >= 4 is 15.9 Å². The van der Waals surface area contributed by atoms with Gasteiger partial charge in [-0.2, -0.15) is 0 Å². The molecule has 2 heteroatoms. The topological polar surface area (TPSA) is 0 Å². The molecule has 0 nitrogen and oxygen atoms in total. The lowest BCUT2D eigenvalue weighted by molar-refractivity contribution is 0.325. The second-order valence-corrected chi connectivity index (χ2v) is 6.27. The highest BCUT2D eigenvalue weighted by atomic mass is 79.9. The van der Waals surface area contributed by atoms with Crippen LogP contribution in [0, 0.1) is 11.2 Å². The Kier molecular flexibility index (Phi) is 3.68. The van der Waals surface area contributed by atoms with Crippen molar-refractivity contribution in [2.24, 2.45) is 5.41 Å². The van der Waals surface area contributed by atoms with Gasteiger partial charge in [0.1, 0.15) is 5.82 Å². The van der Waals surface area contributed by atoms with Crippen molar-refractivity contribution in [2.45, 2.75) is 43.9 Å². The molecule has 1 aromatic carbocycles. The van der Waals surface area contributed by atoms with Gasteiger partial charge in [0.05, 0.1) is 0 Å². The Morgan fingerprint density at radius 1 is 1.38 bits per heavy atom. The first-order valence-electron chi connectivity index (χ1n) is 5.99. The molecule has 0 amide bonds. The summed E-state index contributed by atoms with van der Waals surface area (Å²) in [6.45, 7) is 2.35. The van der Waals surface area contributed by atoms with Crippen molar-refractivity contribution in [2.75, 3.05) is 0 Å². The maximum absolute atomic E-state index is 13.1. The first-order chi connectivity index (χ1) is 7.60. The highest BCUT2D eigenvalue weighted by Gasteiger charge is 2.35. The molecule has 1 unspecified atom stereocenters. The zero-order valence-corrected chi connectivity index (χ0v) is 11.3. The Hall–Kier alpha value is -0.370. The van der Waals surface area contributed by atoms with Crippen LogP contribution in [0.5, 0.6) is 0 Å². The fourth-order valence-corrected chi connectivity index (χ4v) is 3.44. The molecule has 0 aliphatic heterocycles. The van der Waals surface area contributed by atoms with E-state index in [4.69, 9.17) is 0 Å². The van der Waals surface area contributed by atoms with Crippen LogP contribution in [0.15, 0.2) is 24.3 Å².